The smallest absolute Gasteiger partial charge is 0.261 e. The third-order valence-electron chi connectivity index (χ3n) is 3.08. The number of amides is 1. The molecule has 0 aliphatic carbocycles. The molecule has 1 N–H and O–H groups in total. The number of thiophene rings is 1. The minimum Gasteiger partial charge on any atom is -0.360 e. The fourth-order valence-corrected chi connectivity index (χ4v) is 3.73. The van der Waals surface area contributed by atoms with Gasteiger partial charge in [0.2, 0.25) is 0 Å². The van der Waals surface area contributed by atoms with E-state index in [4.69, 9.17) is 4.52 Å². The Bertz CT molecular complexity index is 891. The number of aromatic nitrogens is 1. The number of rotatable bonds is 3. The maximum absolute atomic E-state index is 13.9. The van der Waals surface area contributed by atoms with Crippen LogP contribution in [0.1, 0.15) is 16.1 Å². The summed E-state index contributed by atoms with van der Waals surface area (Å²) in [5.74, 6) is -0.619. The van der Waals surface area contributed by atoms with Gasteiger partial charge in [-0.25, -0.2) is 4.39 Å². The van der Waals surface area contributed by atoms with Crippen molar-refractivity contribution in [1.29, 1.82) is 0 Å². The Kier molecular flexibility index (Phi) is 4.65. The average Bonchev–Trinajstić information content (AvgIpc) is 3.07. The molecule has 0 aliphatic rings. The predicted molar refractivity (Wildman–Crippen MR) is 94.3 cm³/mol. The summed E-state index contributed by atoms with van der Waals surface area (Å²) >= 11 is 7.98. The van der Waals surface area contributed by atoms with Crippen LogP contribution in [-0.4, -0.2) is 11.1 Å². The Balaban J connectivity index is 1.95. The monoisotopic (exact) mass is 458 g/mol. The van der Waals surface area contributed by atoms with Crippen molar-refractivity contribution in [2.45, 2.75) is 6.92 Å². The number of nitrogens with one attached hydrogen (secondary N) is 1. The van der Waals surface area contributed by atoms with E-state index >= 15 is 0 Å². The van der Waals surface area contributed by atoms with Crippen LogP contribution >= 0.6 is 43.2 Å². The Morgan fingerprint density at radius 3 is 2.74 bits per heavy atom. The quantitative estimate of drug-likeness (QED) is 0.552. The first-order chi connectivity index (χ1) is 11.0. The molecule has 2 heterocycles. The van der Waals surface area contributed by atoms with E-state index in [0.717, 1.165) is 8.66 Å². The van der Waals surface area contributed by atoms with Crippen LogP contribution in [0.25, 0.3) is 10.6 Å². The molecule has 0 saturated heterocycles. The normalized spacial score (nSPS) is 10.8. The van der Waals surface area contributed by atoms with E-state index in [-0.39, 0.29) is 5.69 Å². The van der Waals surface area contributed by atoms with Crippen LogP contribution in [0, 0.1) is 12.7 Å². The highest BCUT2D eigenvalue weighted by atomic mass is 79.9. The molecule has 0 saturated carbocycles. The molecule has 1 aromatic carbocycles. The lowest BCUT2D eigenvalue weighted by molar-refractivity contribution is 0.102. The molecular weight excluding hydrogens is 451 g/mol. The second-order valence-electron chi connectivity index (χ2n) is 4.64. The summed E-state index contributed by atoms with van der Waals surface area (Å²) in [5.41, 5.74) is 0.826. The second-order valence-corrected chi connectivity index (χ2v) is 8.02. The van der Waals surface area contributed by atoms with Crippen LogP contribution < -0.4 is 5.32 Å². The summed E-state index contributed by atoms with van der Waals surface area (Å²) in [4.78, 5) is 13.3. The number of hydrogen-bond acceptors (Lipinski definition) is 4. The van der Waals surface area contributed by atoms with Gasteiger partial charge in [-0.15, -0.1) is 11.3 Å². The summed E-state index contributed by atoms with van der Waals surface area (Å²) in [7, 11) is 0. The van der Waals surface area contributed by atoms with Gasteiger partial charge >= 0.3 is 0 Å². The molecule has 0 atom stereocenters. The van der Waals surface area contributed by atoms with Crippen molar-refractivity contribution in [1.82, 2.24) is 5.16 Å². The number of carbonyl (C=O) groups excluding carboxylic acids is 1. The van der Waals surface area contributed by atoms with Crippen LogP contribution in [-0.2, 0) is 0 Å². The van der Waals surface area contributed by atoms with Crippen molar-refractivity contribution < 1.29 is 13.7 Å². The number of benzene rings is 1. The highest BCUT2D eigenvalue weighted by Gasteiger charge is 2.23. The van der Waals surface area contributed by atoms with Gasteiger partial charge in [0.15, 0.2) is 0 Å². The molecule has 0 fully saturated rings. The Hall–Kier alpha value is -1.51. The summed E-state index contributed by atoms with van der Waals surface area (Å²) in [5, 5.41) is 6.51. The summed E-state index contributed by atoms with van der Waals surface area (Å²) in [6, 6.07) is 8.12. The molecule has 118 valence electrons. The number of carbonyl (C=O) groups is 1. The van der Waals surface area contributed by atoms with Gasteiger partial charge in [-0.05, 0) is 53.2 Å². The first kappa shape index (κ1) is 16.4. The van der Waals surface area contributed by atoms with Gasteiger partial charge in [0, 0.05) is 4.47 Å². The predicted octanol–water partition coefficient (Wildman–Crippen LogP) is 5.63. The highest BCUT2D eigenvalue weighted by Crippen LogP contribution is 2.34. The number of aryl methyl sites for hydroxylation is 1. The van der Waals surface area contributed by atoms with E-state index in [9.17, 15) is 9.18 Å². The molecule has 0 radical (unpaired) electrons. The first-order valence-electron chi connectivity index (χ1n) is 6.44. The average molecular weight is 460 g/mol. The maximum atomic E-state index is 13.9. The van der Waals surface area contributed by atoms with Crippen LogP contribution in [0.4, 0.5) is 10.1 Å². The van der Waals surface area contributed by atoms with Gasteiger partial charge in [-0.1, -0.05) is 21.1 Å². The fraction of sp³-hybridized carbons (Fsp3) is 0.0667. The van der Waals surface area contributed by atoms with E-state index in [2.05, 4.69) is 42.3 Å². The van der Waals surface area contributed by atoms with Crippen molar-refractivity contribution in [3.63, 3.8) is 0 Å². The lowest BCUT2D eigenvalue weighted by Gasteiger charge is -2.06. The van der Waals surface area contributed by atoms with Crippen LogP contribution in [0.2, 0.25) is 0 Å². The Morgan fingerprint density at radius 1 is 1.30 bits per heavy atom. The molecule has 0 unspecified atom stereocenters. The van der Waals surface area contributed by atoms with Gasteiger partial charge in [0.1, 0.15) is 22.8 Å². The zero-order valence-electron chi connectivity index (χ0n) is 11.7. The maximum Gasteiger partial charge on any atom is 0.261 e. The van der Waals surface area contributed by atoms with Gasteiger partial charge in [0.05, 0.1) is 14.4 Å². The van der Waals surface area contributed by atoms with Crippen LogP contribution in [0.15, 0.2) is 43.1 Å². The topological polar surface area (TPSA) is 55.1 Å². The fourth-order valence-electron chi connectivity index (χ4n) is 2.02. The van der Waals surface area contributed by atoms with Gasteiger partial charge < -0.3 is 9.84 Å². The molecule has 0 spiro atoms. The number of anilines is 1. The molecule has 2 aromatic heterocycles. The highest BCUT2D eigenvalue weighted by molar-refractivity contribution is 9.11. The molecule has 23 heavy (non-hydrogen) atoms. The van der Waals surface area contributed by atoms with Crippen molar-refractivity contribution in [2.75, 3.05) is 5.32 Å². The number of halogens is 3. The minimum atomic E-state index is -0.526. The van der Waals surface area contributed by atoms with Crippen molar-refractivity contribution in [3.8, 4) is 10.6 Å². The van der Waals surface area contributed by atoms with Crippen LogP contribution in [0.3, 0.4) is 0 Å². The van der Waals surface area contributed by atoms with Gasteiger partial charge in [-0.3, -0.25) is 4.79 Å². The van der Waals surface area contributed by atoms with Crippen molar-refractivity contribution in [3.05, 3.63) is 55.7 Å². The van der Waals surface area contributed by atoms with Crippen molar-refractivity contribution in [2.24, 2.45) is 0 Å². The Morgan fingerprint density at radius 2 is 2.09 bits per heavy atom. The van der Waals surface area contributed by atoms with Gasteiger partial charge in [-0.2, -0.15) is 0 Å². The number of hydrogen-bond donors (Lipinski definition) is 1. The summed E-state index contributed by atoms with van der Waals surface area (Å²) in [6.45, 7) is 1.64. The lowest BCUT2D eigenvalue weighted by Crippen LogP contribution is -2.14. The zero-order chi connectivity index (χ0) is 16.6. The van der Waals surface area contributed by atoms with Crippen molar-refractivity contribution >= 4 is 54.8 Å². The molecule has 0 bridgehead atoms. The molecule has 1 amide bonds. The standard InChI is InChI=1S/C15H9Br2FN2O2S/c1-7-13(14(20-22-7)11-4-5-12(17)23-11)15(21)19-10-3-2-8(16)6-9(10)18/h2-6H,1H3,(H,19,21). The lowest BCUT2D eigenvalue weighted by atomic mass is 10.1. The minimum absolute atomic E-state index is 0.0945. The molecular formula is C15H9Br2FN2O2S. The molecule has 8 heteroatoms. The van der Waals surface area contributed by atoms with E-state index < -0.39 is 11.7 Å². The molecule has 4 nitrogen and oxygen atoms in total. The molecule has 0 aliphatic heterocycles. The van der Waals surface area contributed by atoms with E-state index in [1.807, 2.05) is 12.1 Å². The largest absolute Gasteiger partial charge is 0.360 e. The summed E-state index contributed by atoms with van der Waals surface area (Å²) < 4.78 is 20.5. The number of nitrogens with zero attached hydrogens (tertiary/aromatic N) is 1. The SMILES string of the molecule is Cc1onc(-c2ccc(Br)s2)c1C(=O)Nc1ccc(Br)cc1F. The summed E-state index contributed by atoms with van der Waals surface area (Å²) in [6.07, 6.45) is 0. The Labute approximate surface area is 151 Å². The van der Waals surface area contributed by atoms with Gasteiger partial charge in [0.25, 0.3) is 5.91 Å². The van der Waals surface area contributed by atoms with Crippen LogP contribution in [0.5, 0.6) is 0 Å². The molecule has 3 rings (SSSR count). The van der Waals surface area contributed by atoms with E-state index in [1.54, 1.807) is 13.0 Å². The molecule has 3 aromatic rings. The van der Waals surface area contributed by atoms with E-state index in [0.29, 0.717) is 21.5 Å². The zero-order valence-corrected chi connectivity index (χ0v) is 15.7. The third-order valence-corrected chi connectivity index (χ3v) is 5.20. The first-order valence-corrected chi connectivity index (χ1v) is 8.84. The third kappa shape index (κ3) is 3.39. The van der Waals surface area contributed by atoms with E-state index in [1.165, 1.54) is 23.5 Å². The second kappa shape index (κ2) is 6.54.